The van der Waals surface area contributed by atoms with E-state index >= 15 is 0 Å². The van der Waals surface area contributed by atoms with Crippen molar-refractivity contribution in [3.8, 4) is 0 Å². The number of carbonyl (C=O) groups excluding carboxylic acids is 1. The van der Waals surface area contributed by atoms with E-state index in [1.165, 1.54) is 19.2 Å². The molecule has 0 bridgehead atoms. The summed E-state index contributed by atoms with van der Waals surface area (Å²) in [4.78, 5) is 14.3. The lowest BCUT2D eigenvalue weighted by atomic mass is 10.4. The molecule has 0 aliphatic rings. The van der Waals surface area contributed by atoms with Crippen LogP contribution in [0, 0.1) is 0 Å². The van der Waals surface area contributed by atoms with Crippen molar-refractivity contribution in [2.75, 3.05) is 5.32 Å². The molecule has 1 rings (SSSR count). The zero-order valence-electron chi connectivity index (χ0n) is 6.09. The third-order valence-corrected chi connectivity index (χ3v) is 1.06. The molecular weight excluding hydrogens is 142 g/mol. The van der Waals surface area contributed by atoms with E-state index in [0.717, 1.165) is 0 Å². The van der Waals surface area contributed by atoms with Gasteiger partial charge in [-0.25, -0.2) is 4.98 Å². The summed E-state index contributed by atoms with van der Waals surface area (Å²) in [5.41, 5.74) is 7.53. The number of nitrogens with zero attached hydrogens (tertiary/aromatic N) is 1. The van der Waals surface area contributed by atoms with Gasteiger partial charge in [-0.2, -0.15) is 0 Å². The molecule has 11 heavy (non-hydrogen) atoms. The van der Waals surface area contributed by atoms with Crippen molar-refractivity contribution in [1.29, 1.82) is 0 Å². The zero-order chi connectivity index (χ0) is 8.27. The van der Waals surface area contributed by atoms with E-state index < -0.39 is 0 Å². The van der Waals surface area contributed by atoms with Crippen molar-refractivity contribution in [2.24, 2.45) is 0 Å². The Hall–Kier alpha value is -1.58. The Balaban J connectivity index is 2.79. The van der Waals surface area contributed by atoms with Gasteiger partial charge in [0.2, 0.25) is 5.91 Å². The van der Waals surface area contributed by atoms with Crippen LogP contribution in [0.3, 0.4) is 0 Å². The second-order valence-corrected chi connectivity index (χ2v) is 2.11. The smallest absolute Gasteiger partial charge is 0.222 e. The normalized spacial score (nSPS) is 9.18. The zero-order valence-corrected chi connectivity index (χ0v) is 6.09. The summed E-state index contributed by atoms with van der Waals surface area (Å²) in [6.45, 7) is 1.40. The van der Waals surface area contributed by atoms with E-state index in [1.54, 1.807) is 6.07 Å². The predicted octanol–water partition coefficient (Wildman–Crippen LogP) is 0.954. The van der Waals surface area contributed by atoms with Gasteiger partial charge in [-0.15, -0.1) is 0 Å². The second-order valence-electron chi connectivity index (χ2n) is 2.11. The lowest BCUT2D eigenvalue weighted by Crippen LogP contribution is -2.06. The molecule has 0 aromatic carbocycles. The van der Waals surface area contributed by atoms with Gasteiger partial charge in [0.25, 0.3) is 0 Å². The van der Waals surface area contributed by atoms with Crippen molar-refractivity contribution in [2.45, 2.75) is 6.92 Å². The summed E-state index contributed by atoms with van der Waals surface area (Å²) in [6.07, 6.45) is 1.48. The number of hydrogen-bond acceptors (Lipinski definition) is 2. The van der Waals surface area contributed by atoms with Gasteiger partial charge in [-0.1, -0.05) is 0 Å². The minimum atomic E-state index is -0.178. The molecular formula is C7H8N3O. The van der Waals surface area contributed by atoms with Crippen LogP contribution in [0.4, 0.5) is 11.5 Å². The molecule has 0 saturated heterocycles. The second kappa shape index (κ2) is 3.01. The number of nitrogens with one attached hydrogen (secondary N) is 2. The maximum absolute atomic E-state index is 10.5. The molecule has 1 amide bonds. The van der Waals surface area contributed by atoms with Gasteiger partial charge in [0.15, 0.2) is 0 Å². The molecule has 0 aliphatic heterocycles. The Morgan fingerprint density at radius 3 is 3.00 bits per heavy atom. The molecule has 1 aromatic rings. The van der Waals surface area contributed by atoms with Crippen molar-refractivity contribution in [3.63, 3.8) is 0 Å². The van der Waals surface area contributed by atoms with E-state index in [4.69, 9.17) is 5.73 Å². The fourth-order valence-electron chi connectivity index (χ4n) is 0.679. The first kappa shape index (κ1) is 7.53. The van der Waals surface area contributed by atoms with Crippen LogP contribution in [0.5, 0.6) is 0 Å². The lowest BCUT2D eigenvalue weighted by molar-refractivity contribution is -0.114. The van der Waals surface area contributed by atoms with Crippen molar-refractivity contribution >= 4 is 17.4 Å². The maximum Gasteiger partial charge on any atom is 0.222 e. The number of pyridine rings is 1. The van der Waals surface area contributed by atoms with Crippen LogP contribution in [-0.2, 0) is 4.79 Å². The monoisotopic (exact) mass is 150 g/mol. The van der Waals surface area contributed by atoms with Crippen molar-refractivity contribution in [3.05, 3.63) is 18.3 Å². The SMILES string of the molecule is CC(=O)Nc1cc([NH])ccn1. The van der Waals surface area contributed by atoms with Crippen LogP contribution in [-0.4, -0.2) is 10.9 Å². The molecule has 57 valence electrons. The molecule has 2 N–H and O–H groups in total. The van der Waals surface area contributed by atoms with Gasteiger partial charge in [0, 0.05) is 19.2 Å². The Labute approximate surface area is 64.4 Å². The first-order valence-electron chi connectivity index (χ1n) is 3.14. The van der Waals surface area contributed by atoms with E-state index in [9.17, 15) is 4.79 Å². The maximum atomic E-state index is 10.5. The van der Waals surface area contributed by atoms with Crippen LogP contribution in [0.15, 0.2) is 18.3 Å². The van der Waals surface area contributed by atoms with Crippen LogP contribution in [0.2, 0.25) is 0 Å². The Morgan fingerprint density at radius 2 is 2.45 bits per heavy atom. The average molecular weight is 150 g/mol. The minimum absolute atomic E-state index is 0.178. The van der Waals surface area contributed by atoms with Gasteiger partial charge in [-0.05, 0) is 6.07 Å². The summed E-state index contributed by atoms with van der Waals surface area (Å²) < 4.78 is 0. The Kier molecular flexibility index (Phi) is 2.06. The van der Waals surface area contributed by atoms with Gasteiger partial charge >= 0.3 is 0 Å². The van der Waals surface area contributed by atoms with E-state index in [1.807, 2.05) is 0 Å². The molecule has 0 atom stereocenters. The highest BCUT2D eigenvalue weighted by atomic mass is 16.1. The molecule has 0 spiro atoms. The lowest BCUT2D eigenvalue weighted by Gasteiger charge is -1.99. The van der Waals surface area contributed by atoms with E-state index in [0.29, 0.717) is 11.5 Å². The highest BCUT2D eigenvalue weighted by molar-refractivity contribution is 5.87. The van der Waals surface area contributed by atoms with Gasteiger partial charge in [0.05, 0.1) is 5.69 Å². The third kappa shape index (κ3) is 2.25. The van der Waals surface area contributed by atoms with Gasteiger partial charge in [0.1, 0.15) is 5.82 Å². The van der Waals surface area contributed by atoms with Crippen LogP contribution >= 0.6 is 0 Å². The third-order valence-electron chi connectivity index (χ3n) is 1.06. The summed E-state index contributed by atoms with van der Waals surface area (Å²) >= 11 is 0. The Morgan fingerprint density at radius 1 is 1.73 bits per heavy atom. The molecule has 1 heterocycles. The molecule has 0 fully saturated rings. The molecule has 0 saturated carbocycles. The van der Waals surface area contributed by atoms with E-state index in [-0.39, 0.29) is 5.91 Å². The summed E-state index contributed by atoms with van der Waals surface area (Å²) in [7, 11) is 0. The fraction of sp³-hybridized carbons (Fsp3) is 0.143. The summed E-state index contributed by atoms with van der Waals surface area (Å²) in [6, 6.07) is 3.03. The summed E-state index contributed by atoms with van der Waals surface area (Å²) in [5.74, 6) is 0.244. The van der Waals surface area contributed by atoms with Crippen LogP contribution in [0.1, 0.15) is 6.92 Å². The molecule has 4 heteroatoms. The van der Waals surface area contributed by atoms with Crippen molar-refractivity contribution in [1.82, 2.24) is 10.7 Å². The molecule has 0 aliphatic carbocycles. The number of aromatic nitrogens is 1. The number of rotatable bonds is 1. The summed E-state index contributed by atoms with van der Waals surface area (Å²) in [5, 5.41) is 2.48. The molecule has 0 unspecified atom stereocenters. The number of anilines is 1. The standard InChI is InChI=1S/C7H8N3O/c1-5(11)10-7-4-6(8)2-3-9-7/h2-4,8H,1H3,(H,9,10,11). The highest BCUT2D eigenvalue weighted by Crippen LogP contribution is 2.08. The first-order valence-corrected chi connectivity index (χ1v) is 3.14. The number of hydrogen-bond donors (Lipinski definition) is 1. The fourth-order valence-corrected chi connectivity index (χ4v) is 0.679. The Bertz CT molecular complexity index is 272. The van der Waals surface area contributed by atoms with E-state index in [2.05, 4.69) is 10.3 Å². The highest BCUT2D eigenvalue weighted by Gasteiger charge is 1.95. The van der Waals surface area contributed by atoms with Crippen LogP contribution in [0.25, 0.3) is 0 Å². The molecule has 4 nitrogen and oxygen atoms in total. The number of amides is 1. The van der Waals surface area contributed by atoms with Crippen molar-refractivity contribution < 1.29 is 4.79 Å². The van der Waals surface area contributed by atoms with Gasteiger partial charge < -0.3 is 11.1 Å². The first-order chi connectivity index (χ1) is 5.18. The van der Waals surface area contributed by atoms with Crippen LogP contribution < -0.4 is 11.1 Å². The molecule has 1 aromatic heterocycles. The largest absolute Gasteiger partial charge is 0.311 e. The predicted molar refractivity (Wildman–Crippen MR) is 41.3 cm³/mol. The van der Waals surface area contributed by atoms with Gasteiger partial charge in [-0.3, -0.25) is 4.79 Å². The number of carbonyl (C=O) groups is 1. The average Bonchev–Trinajstić information content (AvgIpc) is 1.85. The topological polar surface area (TPSA) is 65.8 Å². The minimum Gasteiger partial charge on any atom is -0.311 e. The quantitative estimate of drug-likeness (QED) is 0.647. The molecule has 1 radical (unpaired) electrons.